The Hall–Kier alpha value is -0.860. The van der Waals surface area contributed by atoms with Crippen LogP contribution in [0.2, 0.25) is 0 Å². The molecule has 1 aliphatic heterocycles. The molecule has 0 saturated carbocycles. The van der Waals surface area contributed by atoms with Crippen LogP contribution in [0.25, 0.3) is 0 Å². The fraction of sp³-hybridized carbons (Fsp3) is 0.800. The van der Waals surface area contributed by atoms with Gasteiger partial charge in [0, 0.05) is 13.0 Å². The van der Waals surface area contributed by atoms with Gasteiger partial charge < -0.3 is 15.1 Å². The van der Waals surface area contributed by atoms with E-state index in [9.17, 15) is 14.7 Å². The van der Waals surface area contributed by atoms with E-state index in [2.05, 4.69) is 0 Å². The molecule has 1 aliphatic rings. The van der Waals surface area contributed by atoms with Crippen molar-refractivity contribution in [2.24, 2.45) is 5.92 Å². The average molecular weight is 363 g/mol. The van der Waals surface area contributed by atoms with Gasteiger partial charge in [-0.1, -0.05) is 44.2 Å². The zero-order chi connectivity index (χ0) is 17.4. The van der Waals surface area contributed by atoms with Crippen molar-refractivity contribution in [2.75, 3.05) is 19.1 Å². The summed E-state index contributed by atoms with van der Waals surface area (Å²) in [6.45, 7) is 5.33. The van der Waals surface area contributed by atoms with Crippen molar-refractivity contribution in [1.29, 1.82) is 0 Å². The molecular formula is C15H26N2O4S2. The van der Waals surface area contributed by atoms with Gasteiger partial charge in [0.15, 0.2) is 0 Å². The molecule has 0 bridgehead atoms. The Balaban J connectivity index is 2.48. The van der Waals surface area contributed by atoms with Crippen molar-refractivity contribution >= 4 is 40.2 Å². The molecular weight excluding hydrogens is 336 g/mol. The Kier molecular flexibility index (Phi) is 8.86. The van der Waals surface area contributed by atoms with Crippen molar-refractivity contribution in [3.05, 3.63) is 0 Å². The number of unbranched alkanes of at least 4 members (excludes halogenated alkanes) is 2. The average Bonchev–Trinajstić information content (AvgIpc) is 2.45. The maximum Gasteiger partial charge on any atom is 0.321 e. The minimum Gasteiger partial charge on any atom is -0.481 e. The number of thioether (sulfide) groups is 1. The lowest BCUT2D eigenvalue weighted by atomic mass is 10.0. The number of carbonyl (C=O) groups is 2. The second kappa shape index (κ2) is 10.1. The number of carboxylic acids is 2. The second-order valence-corrected chi connectivity index (χ2v) is 7.80. The predicted octanol–water partition coefficient (Wildman–Crippen LogP) is 2.68. The summed E-state index contributed by atoms with van der Waals surface area (Å²) in [6.07, 6.45) is 3.18. The van der Waals surface area contributed by atoms with E-state index in [1.165, 1.54) is 11.8 Å². The first-order valence-corrected chi connectivity index (χ1v) is 9.31. The molecule has 8 heteroatoms. The van der Waals surface area contributed by atoms with E-state index in [1.54, 1.807) is 0 Å². The molecule has 0 aliphatic carbocycles. The van der Waals surface area contributed by atoms with Gasteiger partial charge in [-0.3, -0.25) is 14.5 Å². The molecule has 6 nitrogen and oxygen atoms in total. The van der Waals surface area contributed by atoms with Crippen molar-refractivity contribution in [3.63, 3.8) is 0 Å². The van der Waals surface area contributed by atoms with Crippen LogP contribution in [0.3, 0.4) is 0 Å². The Morgan fingerprint density at radius 1 is 1.26 bits per heavy atom. The lowest BCUT2D eigenvalue weighted by Crippen LogP contribution is -2.52. The Bertz CT molecular complexity index is 432. The van der Waals surface area contributed by atoms with Crippen LogP contribution in [0.15, 0.2) is 0 Å². The summed E-state index contributed by atoms with van der Waals surface area (Å²) in [5, 5.41) is 18.1. The summed E-state index contributed by atoms with van der Waals surface area (Å²) in [5.41, 5.74) is 0. The van der Waals surface area contributed by atoms with Crippen LogP contribution in [-0.2, 0) is 9.59 Å². The highest BCUT2D eigenvalue weighted by molar-refractivity contribution is 8.22. The zero-order valence-corrected chi connectivity index (χ0v) is 15.4. The van der Waals surface area contributed by atoms with Gasteiger partial charge in [0.1, 0.15) is 10.4 Å². The first kappa shape index (κ1) is 20.2. The van der Waals surface area contributed by atoms with Crippen LogP contribution in [0, 0.1) is 5.92 Å². The Morgan fingerprint density at radius 2 is 1.96 bits per heavy atom. The maximum absolute atomic E-state index is 11.5. The van der Waals surface area contributed by atoms with Gasteiger partial charge in [-0.15, -0.1) is 0 Å². The quantitative estimate of drug-likeness (QED) is 0.453. The van der Waals surface area contributed by atoms with E-state index in [0.29, 0.717) is 31.3 Å². The highest BCUT2D eigenvalue weighted by Gasteiger charge is 2.31. The molecule has 1 atom stereocenters. The molecule has 0 unspecified atom stereocenters. The standard InChI is InChI=1S/C15H26N2O4S2/c1-11(2)8-12(14(20)21)17-9-16(15(22)23-10-17)7-5-3-4-6-13(18)19/h11-12H,3-10H2,1-2H3,(H,18,19)(H,20,21)/t12-/m0/s1. The first-order valence-electron chi connectivity index (χ1n) is 7.91. The molecule has 0 radical (unpaired) electrons. The van der Waals surface area contributed by atoms with Crippen LogP contribution in [0.4, 0.5) is 0 Å². The Morgan fingerprint density at radius 3 is 2.52 bits per heavy atom. The van der Waals surface area contributed by atoms with Crippen LogP contribution < -0.4 is 0 Å². The van der Waals surface area contributed by atoms with E-state index >= 15 is 0 Å². The predicted molar refractivity (Wildman–Crippen MR) is 95.5 cm³/mol. The fourth-order valence-corrected chi connectivity index (χ4v) is 3.68. The minimum absolute atomic E-state index is 0.195. The molecule has 0 aromatic carbocycles. The third kappa shape index (κ3) is 7.50. The summed E-state index contributed by atoms with van der Waals surface area (Å²) in [4.78, 5) is 26.0. The van der Waals surface area contributed by atoms with Gasteiger partial charge in [-0.05, 0) is 25.2 Å². The number of rotatable bonds is 10. The number of nitrogens with zero attached hydrogens (tertiary/aromatic N) is 2. The Labute approximate surface area is 147 Å². The number of thiocarbonyl (C=S) groups is 1. The number of carboxylic acid groups (broad SMARTS) is 2. The normalized spacial score (nSPS) is 17.5. The SMILES string of the molecule is CC(C)C[C@@H](C(=O)O)N1CSC(=S)N(CCCCCC(=O)O)C1. The topological polar surface area (TPSA) is 81.1 Å². The number of hydrogen-bond donors (Lipinski definition) is 2. The third-order valence-electron chi connectivity index (χ3n) is 3.70. The molecule has 0 spiro atoms. The first-order chi connectivity index (χ1) is 10.8. The second-order valence-electron chi connectivity index (χ2n) is 6.22. The zero-order valence-electron chi connectivity index (χ0n) is 13.7. The van der Waals surface area contributed by atoms with E-state index in [-0.39, 0.29) is 6.42 Å². The summed E-state index contributed by atoms with van der Waals surface area (Å²) in [6, 6.07) is -0.486. The third-order valence-corrected chi connectivity index (χ3v) is 5.28. The van der Waals surface area contributed by atoms with E-state index in [1.807, 2.05) is 23.6 Å². The molecule has 1 rings (SSSR count). The molecule has 1 fully saturated rings. The van der Waals surface area contributed by atoms with Crippen molar-refractivity contribution in [3.8, 4) is 0 Å². The van der Waals surface area contributed by atoms with Gasteiger partial charge in [-0.2, -0.15) is 0 Å². The molecule has 23 heavy (non-hydrogen) atoms. The molecule has 0 aromatic rings. The lowest BCUT2D eigenvalue weighted by Gasteiger charge is -2.39. The number of hydrogen-bond acceptors (Lipinski definition) is 5. The molecule has 132 valence electrons. The maximum atomic E-state index is 11.5. The van der Waals surface area contributed by atoms with Crippen LogP contribution in [0.5, 0.6) is 0 Å². The summed E-state index contributed by atoms with van der Waals surface area (Å²) < 4.78 is 0.799. The van der Waals surface area contributed by atoms with Gasteiger partial charge in [0.25, 0.3) is 0 Å². The molecule has 1 saturated heterocycles. The summed E-state index contributed by atoms with van der Waals surface area (Å²) >= 11 is 6.86. The number of aliphatic carboxylic acids is 2. The van der Waals surface area contributed by atoms with E-state index in [4.69, 9.17) is 17.3 Å². The monoisotopic (exact) mass is 362 g/mol. The van der Waals surface area contributed by atoms with E-state index < -0.39 is 18.0 Å². The van der Waals surface area contributed by atoms with Gasteiger partial charge in [-0.25, -0.2) is 0 Å². The molecule has 2 N–H and O–H groups in total. The van der Waals surface area contributed by atoms with Gasteiger partial charge in [0.2, 0.25) is 0 Å². The van der Waals surface area contributed by atoms with Crippen molar-refractivity contribution < 1.29 is 19.8 Å². The van der Waals surface area contributed by atoms with Crippen LogP contribution in [0.1, 0.15) is 46.0 Å². The lowest BCUT2D eigenvalue weighted by molar-refractivity contribution is -0.144. The van der Waals surface area contributed by atoms with Gasteiger partial charge in [0.05, 0.1) is 12.5 Å². The summed E-state index contributed by atoms with van der Waals surface area (Å²) in [5.74, 6) is -0.621. The fourth-order valence-electron chi connectivity index (χ4n) is 2.51. The summed E-state index contributed by atoms with van der Waals surface area (Å²) in [7, 11) is 0. The highest BCUT2D eigenvalue weighted by Crippen LogP contribution is 2.24. The van der Waals surface area contributed by atoms with Crippen molar-refractivity contribution in [2.45, 2.75) is 52.0 Å². The van der Waals surface area contributed by atoms with Crippen LogP contribution in [-0.4, -0.2) is 61.4 Å². The molecule has 1 heterocycles. The molecule has 0 aromatic heterocycles. The smallest absolute Gasteiger partial charge is 0.321 e. The molecule has 0 amide bonds. The van der Waals surface area contributed by atoms with Crippen LogP contribution >= 0.6 is 24.0 Å². The van der Waals surface area contributed by atoms with E-state index in [0.717, 1.165) is 23.7 Å². The minimum atomic E-state index is -0.784. The highest BCUT2D eigenvalue weighted by atomic mass is 32.2. The van der Waals surface area contributed by atoms with Gasteiger partial charge >= 0.3 is 11.9 Å². The largest absolute Gasteiger partial charge is 0.481 e. The van der Waals surface area contributed by atoms with Crippen molar-refractivity contribution in [1.82, 2.24) is 9.80 Å².